The van der Waals surface area contributed by atoms with Crippen LogP contribution in [0.4, 0.5) is 0 Å². The highest BCUT2D eigenvalue weighted by atomic mass is 32.1. The maximum atomic E-state index is 5.43. The maximum absolute atomic E-state index is 5.43. The van der Waals surface area contributed by atoms with Crippen LogP contribution in [0.25, 0.3) is 0 Å². The molecule has 0 aliphatic heterocycles. The summed E-state index contributed by atoms with van der Waals surface area (Å²) in [4.78, 5) is 3.21. The van der Waals surface area contributed by atoms with Crippen LogP contribution in [0.15, 0.2) is 6.20 Å². The topological polar surface area (TPSA) is 20.7 Å². The number of imidazole rings is 1. The molecule has 0 bridgehead atoms. The number of nitrogens with one attached hydrogen (secondary N) is 1. The summed E-state index contributed by atoms with van der Waals surface area (Å²) in [6.07, 6.45) is 9.87. The third-order valence-electron chi connectivity index (χ3n) is 3.98. The highest BCUT2D eigenvalue weighted by Gasteiger charge is 2.26. The Balaban J connectivity index is 2.33. The summed E-state index contributed by atoms with van der Waals surface area (Å²) in [5, 5.41) is 0. The molecule has 3 heteroatoms. The van der Waals surface area contributed by atoms with E-state index in [0.717, 1.165) is 17.1 Å². The highest BCUT2D eigenvalue weighted by Crippen LogP contribution is 2.36. The van der Waals surface area contributed by atoms with Gasteiger partial charge in [-0.25, -0.2) is 0 Å². The molecule has 90 valence electrons. The normalized spacial score (nSPS) is 25.9. The average Bonchev–Trinajstić information content (AvgIpc) is 2.70. The van der Waals surface area contributed by atoms with E-state index in [1.807, 2.05) is 0 Å². The number of aromatic nitrogens is 2. The number of hydrogen-bond acceptors (Lipinski definition) is 1. The molecule has 2 rings (SSSR count). The van der Waals surface area contributed by atoms with Crippen molar-refractivity contribution >= 4 is 12.2 Å². The number of nitrogens with zero attached hydrogens (tertiary/aromatic N) is 1. The van der Waals surface area contributed by atoms with Crippen LogP contribution < -0.4 is 0 Å². The van der Waals surface area contributed by atoms with Gasteiger partial charge < -0.3 is 9.55 Å². The summed E-state index contributed by atoms with van der Waals surface area (Å²) in [6.45, 7) is 4.52. The second-order valence-corrected chi connectivity index (χ2v) is 5.22. The molecule has 0 aromatic carbocycles. The molecule has 2 unspecified atom stereocenters. The highest BCUT2D eigenvalue weighted by molar-refractivity contribution is 7.71. The minimum Gasteiger partial charge on any atom is -0.337 e. The summed E-state index contributed by atoms with van der Waals surface area (Å²) in [7, 11) is 0. The van der Waals surface area contributed by atoms with Crippen LogP contribution in [0, 0.1) is 10.7 Å². The first-order chi connectivity index (χ1) is 7.77. The Labute approximate surface area is 103 Å². The molecule has 2 atom stereocenters. The molecular weight excluding hydrogens is 216 g/mol. The van der Waals surface area contributed by atoms with Crippen molar-refractivity contribution in [2.75, 3.05) is 0 Å². The van der Waals surface area contributed by atoms with Gasteiger partial charge >= 0.3 is 0 Å². The van der Waals surface area contributed by atoms with Gasteiger partial charge in [0.15, 0.2) is 4.77 Å². The van der Waals surface area contributed by atoms with E-state index >= 15 is 0 Å². The molecule has 1 aliphatic rings. The summed E-state index contributed by atoms with van der Waals surface area (Å²) in [5.74, 6) is 0.821. The van der Waals surface area contributed by atoms with Gasteiger partial charge in [-0.05, 0) is 37.4 Å². The Morgan fingerprint density at radius 2 is 2.12 bits per heavy atom. The molecule has 0 amide bonds. The van der Waals surface area contributed by atoms with Crippen molar-refractivity contribution in [3.63, 3.8) is 0 Å². The Kier molecular flexibility index (Phi) is 3.85. The van der Waals surface area contributed by atoms with Gasteiger partial charge in [0.1, 0.15) is 0 Å². The van der Waals surface area contributed by atoms with E-state index in [2.05, 4.69) is 29.6 Å². The molecule has 0 spiro atoms. The summed E-state index contributed by atoms with van der Waals surface area (Å²) >= 11 is 5.43. The largest absolute Gasteiger partial charge is 0.337 e. The SMILES string of the molecule is CCc1c[nH]c(=S)n1C1CCCCC1CC. The predicted molar refractivity (Wildman–Crippen MR) is 70.3 cm³/mol. The molecule has 1 saturated carbocycles. The Hall–Kier alpha value is -0.570. The number of rotatable bonds is 3. The lowest BCUT2D eigenvalue weighted by Gasteiger charge is -2.33. The molecule has 0 radical (unpaired) electrons. The van der Waals surface area contributed by atoms with Gasteiger partial charge in [0.25, 0.3) is 0 Å². The first kappa shape index (κ1) is 11.9. The monoisotopic (exact) mass is 238 g/mol. The Morgan fingerprint density at radius 1 is 1.38 bits per heavy atom. The van der Waals surface area contributed by atoms with E-state index in [0.29, 0.717) is 6.04 Å². The van der Waals surface area contributed by atoms with Crippen molar-refractivity contribution in [3.05, 3.63) is 16.7 Å². The lowest BCUT2D eigenvalue weighted by atomic mass is 9.82. The van der Waals surface area contributed by atoms with Crippen LogP contribution >= 0.6 is 12.2 Å². The van der Waals surface area contributed by atoms with Gasteiger partial charge in [-0.2, -0.15) is 0 Å². The van der Waals surface area contributed by atoms with Gasteiger partial charge in [0.2, 0.25) is 0 Å². The van der Waals surface area contributed by atoms with Gasteiger partial charge in [-0.3, -0.25) is 0 Å². The van der Waals surface area contributed by atoms with E-state index in [9.17, 15) is 0 Å². The average molecular weight is 238 g/mol. The molecule has 0 saturated heterocycles. The zero-order chi connectivity index (χ0) is 11.5. The summed E-state index contributed by atoms with van der Waals surface area (Å²) in [5.41, 5.74) is 1.37. The fraction of sp³-hybridized carbons (Fsp3) is 0.769. The molecule has 1 N–H and O–H groups in total. The smallest absolute Gasteiger partial charge is 0.177 e. The number of aryl methyl sites for hydroxylation is 1. The second kappa shape index (κ2) is 5.17. The first-order valence-corrected chi connectivity index (χ1v) is 6.97. The molecular formula is C13H22N2S. The van der Waals surface area contributed by atoms with Crippen LogP contribution in [0.5, 0.6) is 0 Å². The number of hydrogen-bond donors (Lipinski definition) is 1. The molecule has 1 heterocycles. The van der Waals surface area contributed by atoms with E-state index in [1.54, 1.807) is 0 Å². The summed E-state index contributed by atoms with van der Waals surface area (Å²) < 4.78 is 3.31. The van der Waals surface area contributed by atoms with Crippen LogP contribution in [-0.4, -0.2) is 9.55 Å². The van der Waals surface area contributed by atoms with Crippen LogP contribution in [0.2, 0.25) is 0 Å². The number of aromatic amines is 1. The van der Waals surface area contributed by atoms with Gasteiger partial charge in [-0.15, -0.1) is 0 Å². The molecule has 1 fully saturated rings. The van der Waals surface area contributed by atoms with Gasteiger partial charge in [-0.1, -0.05) is 33.1 Å². The Morgan fingerprint density at radius 3 is 2.81 bits per heavy atom. The fourth-order valence-electron chi connectivity index (χ4n) is 3.05. The van der Waals surface area contributed by atoms with Crippen LogP contribution in [0.1, 0.15) is 57.7 Å². The first-order valence-electron chi connectivity index (χ1n) is 6.56. The number of H-pyrrole nitrogens is 1. The third kappa shape index (κ3) is 2.10. The standard InChI is InChI=1S/C13H22N2S/c1-3-10-7-5-6-8-12(10)15-11(4-2)9-14-13(15)16/h9-10,12H,3-8H2,1-2H3,(H,14,16). The fourth-order valence-corrected chi connectivity index (χ4v) is 3.37. The van der Waals surface area contributed by atoms with E-state index in [1.165, 1.54) is 37.8 Å². The molecule has 2 nitrogen and oxygen atoms in total. The van der Waals surface area contributed by atoms with Crippen molar-refractivity contribution in [2.24, 2.45) is 5.92 Å². The summed E-state index contributed by atoms with van der Waals surface area (Å²) in [6, 6.07) is 0.646. The van der Waals surface area contributed by atoms with Crippen molar-refractivity contribution in [1.82, 2.24) is 9.55 Å². The minimum absolute atomic E-state index is 0.646. The lowest BCUT2D eigenvalue weighted by molar-refractivity contribution is 0.227. The van der Waals surface area contributed by atoms with E-state index in [4.69, 9.17) is 12.2 Å². The second-order valence-electron chi connectivity index (χ2n) is 4.83. The maximum Gasteiger partial charge on any atom is 0.177 e. The van der Waals surface area contributed by atoms with Crippen LogP contribution in [-0.2, 0) is 6.42 Å². The van der Waals surface area contributed by atoms with E-state index in [-0.39, 0.29) is 0 Å². The van der Waals surface area contributed by atoms with E-state index < -0.39 is 0 Å². The lowest BCUT2D eigenvalue weighted by Crippen LogP contribution is -2.24. The van der Waals surface area contributed by atoms with Gasteiger partial charge in [0.05, 0.1) is 0 Å². The zero-order valence-corrected chi connectivity index (χ0v) is 11.1. The molecule has 1 aromatic rings. The quantitative estimate of drug-likeness (QED) is 0.781. The van der Waals surface area contributed by atoms with Crippen molar-refractivity contribution in [2.45, 2.75) is 58.4 Å². The molecule has 16 heavy (non-hydrogen) atoms. The van der Waals surface area contributed by atoms with Crippen molar-refractivity contribution in [3.8, 4) is 0 Å². The molecule has 1 aromatic heterocycles. The van der Waals surface area contributed by atoms with Crippen molar-refractivity contribution < 1.29 is 0 Å². The Bertz CT molecular complexity index is 391. The van der Waals surface area contributed by atoms with Gasteiger partial charge in [0, 0.05) is 17.9 Å². The third-order valence-corrected chi connectivity index (χ3v) is 4.29. The molecule has 1 aliphatic carbocycles. The predicted octanol–water partition coefficient (Wildman–Crippen LogP) is 4.25. The minimum atomic E-state index is 0.646. The van der Waals surface area contributed by atoms with Crippen molar-refractivity contribution in [1.29, 1.82) is 0 Å². The van der Waals surface area contributed by atoms with Crippen LogP contribution in [0.3, 0.4) is 0 Å². The zero-order valence-electron chi connectivity index (χ0n) is 10.3.